The predicted octanol–water partition coefficient (Wildman–Crippen LogP) is 5.66. The van der Waals surface area contributed by atoms with Crippen LogP contribution in [0.1, 0.15) is 15.9 Å². The van der Waals surface area contributed by atoms with Crippen molar-refractivity contribution in [2.45, 2.75) is 6.54 Å². The Hall–Kier alpha value is -4.04. The zero-order valence-electron chi connectivity index (χ0n) is 17.4. The third kappa shape index (κ3) is 4.91. The predicted molar refractivity (Wildman–Crippen MR) is 129 cm³/mol. The van der Waals surface area contributed by atoms with Crippen LogP contribution in [0, 0.1) is 0 Å². The number of imidazole rings is 1. The number of carbonyl (C=O) groups excluding carboxylic acids is 1. The van der Waals surface area contributed by atoms with Gasteiger partial charge in [0, 0.05) is 34.0 Å². The molecule has 0 aliphatic rings. The lowest BCUT2D eigenvalue weighted by Gasteiger charge is -2.07. The van der Waals surface area contributed by atoms with Gasteiger partial charge >= 0.3 is 0 Å². The molecule has 1 amide bonds. The van der Waals surface area contributed by atoms with Gasteiger partial charge in [-0.3, -0.25) is 4.79 Å². The molecule has 0 saturated carbocycles. The molecule has 0 fully saturated rings. The second kappa shape index (κ2) is 9.22. The number of nitrogens with one attached hydrogen (secondary N) is 1. The molecular formula is C25H18BrN5O2. The van der Waals surface area contributed by atoms with Crippen LogP contribution in [0.25, 0.3) is 23.0 Å². The zero-order chi connectivity index (χ0) is 22.6. The zero-order valence-corrected chi connectivity index (χ0v) is 18.9. The number of halogens is 1. The lowest BCUT2D eigenvalue weighted by Crippen LogP contribution is -2.11. The topological polar surface area (TPSA) is 85.8 Å². The Labute approximate surface area is 198 Å². The monoisotopic (exact) mass is 499 g/mol. The summed E-state index contributed by atoms with van der Waals surface area (Å²) in [5.41, 5.74) is 3.91. The minimum Gasteiger partial charge on any atom is -0.332 e. The SMILES string of the molecule is O=C(Nc1ccc(Cn2cnc(-c3nc(-c4ccc(Br)cc4)no3)c2)cc1)c1ccccc1. The molecule has 0 radical (unpaired) electrons. The number of hydrogen-bond acceptors (Lipinski definition) is 5. The molecule has 2 heterocycles. The van der Waals surface area contributed by atoms with Crippen LogP contribution in [0.3, 0.4) is 0 Å². The van der Waals surface area contributed by atoms with Gasteiger partial charge in [0.15, 0.2) is 0 Å². The number of amides is 1. The van der Waals surface area contributed by atoms with Gasteiger partial charge in [-0.05, 0) is 54.1 Å². The highest BCUT2D eigenvalue weighted by atomic mass is 79.9. The van der Waals surface area contributed by atoms with E-state index < -0.39 is 0 Å². The molecule has 5 rings (SSSR count). The molecule has 0 unspecified atom stereocenters. The fourth-order valence-electron chi connectivity index (χ4n) is 3.30. The summed E-state index contributed by atoms with van der Waals surface area (Å²) in [4.78, 5) is 21.1. The number of benzene rings is 3. The third-order valence-corrected chi connectivity index (χ3v) is 5.52. The fraction of sp³-hybridized carbons (Fsp3) is 0.0400. The van der Waals surface area contributed by atoms with Crippen LogP contribution in [-0.2, 0) is 6.54 Å². The van der Waals surface area contributed by atoms with Crippen molar-refractivity contribution in [2.24, 2.45) is 0 Å². The summed E-state index contributed by atoms with van der Waals surface area (Å²) in [6.45, 7) is 0.619. The normalized spacial score (nSPS) is 10.8. The lowest BCUT2D eigenvalue weighted by atomic mass is 10.2. The van der Waals surface area contributed by atoms with Crippen LogP contribution >= 0.6 is 15.9 Å². The van der Waals surface area contributed by atoms with Crippen LogP contribution in [-0.4, -0.2) is 25.6 Å². The highest BCUT2D eigenvalue weighted by Gasteiger charge is 2.13. The van der Waals surface area contributed by atoms with Gasteiger partial charge in [0.05, 0.1) is 6.33 Å². The average Bonchev–Trinajstić information content (AvgIpc) is 3.51. The van der Waals surface area contributed by atoms with Crippen LogP contribution in [0.4, 0.5) is 5.69 Å². The lowest BCUT2D eigenvalue weighted by molar-refractivity contribution is 0.102. The summed E-state index contributed by atoms with van der Waals surface area (Å²) >= 11 is 3.42. The van der Waals surface area contributed by atoms with E-state index in [0.29, 0.717) is 29.5 Å². The molecule has 0 aliphatic heterocycles. The summed E-state index contributed by atoms with van der Waals surface area (Å²) < 4.78 is 8.33. The first-order valence-electron chi connectivity index (χ1n) is 10.2. The van der Waals surface area contributed by atoms with Gasteiger partial charge in [0.1, 0.15) is 5.69 Å². The molecule has 0 bridgehead atoms. The molecular weight excluding hydrogens is 482 g/mol. The average molecular weight is 500 g/mol. The molecule has 0 aliphatic carbocycles. The minimum absolute atomic E-state index is 0.135. The van der Waals surface area contributed by atoms with Crippen LogP contribution < -0.4 is 5.32 Å². The van der Waals surface area contributed by atoms with Gasteiger partial charge < -0.3 is 14.4 Å². The van der Waals surface area contributed by atoms with Gasteiger partial charge in [0.25, 0.3) is 11.8 Å². The Bertz CT molecular complexity index is 1380. The number of aromatic nitrogens is 4. The van der Waals surface area contributed by atoms with E-state index in [1.54, 1.807) is 18.5 Å². The smallest absolute Gasteiger partial charge is 0.278 e. The molecule has 1 N–H and O–H groups in total. The van der Waals surface area contributed by atoms with E-state index in [1.165, 1.54) is 0 Å². The van der Waals surface area contributed by atoms with Gasteiger partial charge in [0.2, 0.25) is 5.82 Å². The fourth-order valence-corrected chi connectivity index (χ4v) is 3.56. The van der Waals surface area contributed by atoms with Crippen LogP contribution in [0.5, 0.6) is 0 Å². The second-order valence-corrected chi connectivity index (χ2v) is 8.29. The van der Waals surface area contributed by atoms with Gasteiger partial charge in [-0.25, -0.2) is 4.98 Å². The molecule has 33 heavy (non-hydrogen) atoms. The molecule has 7 nitrogen and oxygen atoms in total. The first-order chi connectivity index (χ1) is 16.1. The molecule has 0 spiro atoms. The van der Waals surface area contributed by atoms with Crippen molar-refractivity contribution in [3.8, 4) is 23.0 Å². The van der Waals surface area contributed by atoms with Crippen molar-refractivity contribution in [2.75, 3.05) is 5.32 Å². The van der Waals surface area contributed by atoms with Crippen molar-refractivity contribution in [1.82, 2.24) is 19.7 Å². The third-order valence-electron chi connectivity index (χ3n) is 4.99. The van der Waals surface area contributed by atoms with E-state index in [4.69, 9.17) is 4.52 Å². The van der Waals surface area contributed by atoms with E-state index in [-0.39, 0.29) is 5.91 Å². The number of hydrogen-bond donors (Lipinski definition) is 1. The largest absolute Gasteiger partial charge is 0.332 e. The van der Waals surface area contributed by atoms with Gasteiger partial charge in [-0.1, -0.05) is 51.4 Å². The Morgan fingerprint density at radius 1 is 0.970 bits per heavy atom. The summed E-state index contributed by atoms with van der Waals surface area (Å²) in [7, 11) is 0. The molecule has 8 heteroatoms. The standard InChI is InChI=1S/C25H18BrN5O2/c26-20-10-8-18(9-11-20)23-29-25(33-30-23)22-15-31(16-27-22)14-17-6-12-21(13-7-17)28-24(32)19-4-2-1-3-5-19/h1-13,15-16H,14H2,(H,28,32). The molecule has 5 aromatic rings. The highest BCUT2D eigenvalue weighted by molar-refractivity contribution is 9.10. The number of anilines is 1. The first kappa shape index (κ1) is 20.8. The Balaban J connectivity index is 1.24. The van der Waals surface area contributed by atoms with Crippen molar-refractivity contribution in [3.63, 3.8) is 0 Å². The van der Waals surface area contributed by atoms with Crippen molar-refractivity contribution in [1.29, 1.82) is 0 Å². The Morgan fingerprint density at radius 2 is 1.73 bits per heavy atom. The summed E-state index contributed by atoms with van der Waals surface area (Å²) in [5, 5.41) is 6.96. The van der Waals surface area contributed by atoms with Gasteiger partial charge in [-0.15, -0.1) is 0 Å². The van der Waals surface area contributed by atoms with E-state index in [9.17, 15) is 4.79 Å². The van der Waals surface area contributed by atoms with Crippen molar-refractivity contribution in [3.05, 3.63) is 107 Å². The van der Waals surface area contributed by atoms with Crippen molar-refractivity contribution < 1.29 is 9.32 Å². The maximum atomic E-state index is 12.3. The van der Waals surface area contributed by atoms with Crippen LogP contribution in [0.2, 0.25) is 0 Å². The highest BCUT2D eigenvalue weighted by Crippen LogP contribution is 2.23. The number of carbonyl (C=O) groups is 1. The number of rotatable bonds is 6. The van der Waals surface area contributed by atoms with E-state index in [2.05, 4.69) is 36.4 Å². The number of nitrogens with zero attached hydrogens (tertiary/aromatic N) is 4. The second-order valence-electron chi connectivity index (χ2n) is 7.38. The van der Waals surface area contributed by atoms with E-state index in [1.807, 2.05) is 77.5 Å². The summed E-state index contributed by atoms with van der Waals surface area (Å²) in [5.74, 6) is 0.746. The first-order valence-corrected chi connectivity index (χ1v) is 11.0. The Kier molecular flexibility index (Phi) is 5.82. The molecule has 0 saturated heterocycles. The quantitative estimate of drug-likeness (QED) is 0.325. The van der Waals surface area contributed by atoms with Gasteiger partial charge in [-0.2, -0.15) is 4.98 Å². The minimum atomic E-state index is -0.135. The summed E-state index contributed by atoms with van der Waals surface area (Å²) in [6, 6.07) is 24.5. The van der Waals surface area contributed by atoms with Crippen LogP contribution in [0.15, 0.2) is 100 Å². The van der Waals surface area contributed by atoms with E-state index >= 15 is 0 Å². The molecule has 2 aromatic heterocycles. The molecule has 0 atom stereocenters. The molecule has 162 valence electrons. The van der Waals surface area contributed by atoms with E-state index in [0.717, 1.165) is 21.3 Å². The summed E-state index contributed by atoms with van der Waals surface area (Å²) in [6.07, 6.45) is 3.59. The maximum absolute atomic E-state index is 12.3. The van der Waals surface area contributed by atoms with Crippen molar-refractivity contribution >= 4 is 27.5 Å². The Morgan fingerprint density at radius 3 is 2.48 bits per heavy atom. The molecule has 3 aromatic carbocycles. The maximum Gasteiger partial charge on any atom is 0.278 e.